The van der Waals surface area contributed by atoms with Crippen LogP contribution in [0.15, 0.2) is 0 Å². The lowest BCUT2D eigenvalue weighted by Crippen LogP contribution is -3.05. The van der Waals surface area contributed by atoms with Gasteiger partial charge in [-0.2, -0.15) is 0 Å². The molecule has 1 saturated heterocycles. The number of aliphatic hydroxyl groups excluding tert-OH is 1. The maximum Gasteiger partial charge on any atom is 0.229 e. The number of aliphatic carboxylic acids is 1. The van der Waals surface area contributed by atoms with Gasteiger partial charge in [-0.15, -0.1) is 0 Å². The van der Waals surface area contributed by atoms with E-state index in [1.807, 2.05) is 0 Å². The molecule has 1 aliphatic heterocycles. The van der Waals surface area contributed by atoms with E-state index in [4.69, 9.17) is 5.11 Å². The zero-order valence-electron chi connectivity index (χ0n) is 21.5. The number of carboxylic acid groups (broad SMARTS) is 1. The molecule has 0 bridgehead atoms. The summed E-state index contributed by atoms with van der Waals surface area (Å²) in [6.07, 6.45) is 18.0. The van der Waals surface area contributed by atoms with E-state index in [1.165, 1.54) is 69.1 Å². The Kier molecular flexibility index (Phi) is 20.1. The maximum atomic E-state index is 12.6. The molecule has 1 atom stereocenters. The van der Waals surface area contributed by atoms with Gasteiger partial charge in [0.15, 0.2) is 0 Å². The van der Waals surface area contributed by atoms with Gasteiger partial charge in [0.25, 0.3) is 0 Å². The monoisotopic (exact) mass is 470 g/mol. The van der Waals surface area contributed by atoms with Gasteiger partial charge in [-0.05, 0) is 19.8 Å². The largest absolute Gasteiger partial charge is 0.547 e. The molecule has 0 saturated carbocycles. The minimum atomic E-state index is -1.44. The van der Waals surface area contributed by atoms with Crippen LogP contribution in [0.25, 0.3) is 0 Å². The summed E-state index contributed by atoms with van der Waals surface area (Å²) in [7, 11) is 4.23. The van der Waals surface area contributed by atoms with E-state index in [1.54, 1.807) is 4.90 Å². The quantitative estimate of drug-likeness (QED) is 0.600. The van der Waals surface area contributed by atoms with Crippen LogP contribution in [0.5, 0.6) is 0 Å². The molecular weight excluding hydrogens is 420 g/mol. The summed E-state index contributed by atoms with van der Waals surface area (Å²) >= 11 is 0. The highest BCUT2D eigenvalue weighted by Crippen LogP contribution is 2.15. The molecule has 1 fully saturated rings. The molecule has 1 heterocycles. The van der Waals surface area contributed by atoms with E-state index in [-0.39, 0.29) is 11.8 Å². The van der Waals surface area contributed by atoms with Crippen molar-refractivity contribution < 1.29 is 29.5 Å². The van der Waals surface area contributed by atoms with Crippen LogP contribution in [-0.2, 0) is 14.4 Å². The number of rotatable bonds is 5. The Hall–Kier alpha value is -1.47. The first-order chi connectivity index (χ1) is 15.8. The molecule has 0 spiro atoms. The highest BCUT2D eigenvalue weighted by atomic mass is 16.4. The number of nitrogens with zero attached hydrogens (tertiary/aromatic N) is 1. The van der Waals surface area contributed by atoms with Crippen molar-refractivity contribution >= 4 is 17.8 Å². The Labute approximate surface area is 201 Å². The van der Waals surface area contributed by atoms with Gasteiger partial charge in [-0.25, -0.2) is 0 Å². The van der Waals surface area contributed by atoms with Crippen LogP contribution in [0.3, 0.4) is 0 Å². The third kappa shape index (κ3) is 19.7. The molecule has 0 radical (unpaired) electrons. The van der Waals surface area contributed by atoms with Crippen LogP contribution in [0.1, 0.15) is 116 Å². The molecule has 2 N–H and O–H groups in total. The van der Waals surface area contributed by atoms with Crippen LogP contribution in [0.4, 0.5) is 0 Å². The lowest BCUT2D eigenvalue weighted by Gasteiger charge is -2.21. The zero-order chi connectivity index (χ0) is 24.9. The minimum Gasteiger partial charge on any atom is -0.547 e. The van der Waals surface area contributed by atoms with E-state index in [0.717, 1.165) is 45.6 Å². The Morgan fingerprint density at radius 1 is 0.818 bits per heavy atom. The van der Waals surface area contributed by atoms with Crippen LogP contribution >= 0.6 is 0 Å². The van der Waals surface area contributed by atoms with Gasteiger partial charge >= 0.3 is 0 Å². The van der Waals surface area contributed by atoms with E-state index in [9.17, 15) is 19.5 Å². The van der Waals surface area contributed by atoms with Crippen LogP contribution in [0.2, 0.25) is 0 Å². The molecule has 2 amide bonds. The van der Waals surface area contributed by atoms with Crippen molar-refractivity contribution in [1.29, 1.82) is 0 Å². The van der Waals surface area contributed by atoms with Gasteiger partial charge in [0, 0.05) is 25.8 Å². The SMILES string of the molecule is CC(O)C(=O)[O-].C[NH+](C)CCCN1C(=O)CCCCCCCCCCCCCCCCC1=O. The second kappa shape index (κ2) is 21.1. The summed E-state index contributed by atoms with van der Waals surface area (Å²) in [5.74, 6) is -1.31. The van der Waals surface area contributed by atoms with E-state index in [2.05, 4.69) is 14.1 Å². The van der Waals surface area contributed by atoms with Crippen molar-refractivity contribution in [1.82, 2.24) is 4.90 Å². The molecule has 1 unspecified atom stereocenters. The van der Waals surface area contributed by atoms with Gasteiger partial charge < -0.3 is 19.9 Å². The molecule has 0 aromatic rings. The van der Waals surface area contributed by atoms with Gasteiger partial charge in [0.05, 0.1) is 32.7 Å². The second-order valence-electron chi connectivity index (χ2n) is 9.69. The van der Waals surface area contributed by atoms with Crippen LogP contribution in [0, 0.1) is 0 Å². The predicted molar refractivity (Wildman–Crippen MR) is 130 cm³/mol. The highest BCUT2D eigenvalue weighted by molar-refractivity contribution is 5.95. The molecule has 0 aliphatic carbocycles. The topological polar surface area (TPSA) is 102 Å². The van der Waals surface area contributed by atoms with Crippen LogP contribution in [-0.4, -0.2) is 61.1 Å². The first-order valence-electron chi connectivity index (χ1n) is 13.3. The number of aliphatic hydroxyl groups is 1. The van der Waals surface area contributed by atoms with Crippen molar-refractivity contribution in [3.8, 4) is 0 Å². The van der Waals surface area contributed by atoms with Gasteiger partial charge in [0.2, 0.25) is 11.8 Å². The number of carbonyl (C=O) groups is 3. The standard InChI is InChI=1S/C23H44N2O2.C3H6O3/c1-24(2)20-17-21-25-22(26)18-15-13-11-9-7-5-3-4-6-8-10-12-14-16-19-23(25)27;1-2(4)3(5)6/h3-21H2,1-2H3;2,4H,1H3,(H,5,6). The summed E-state index contributed by atoms with van der Waals surface area (Å²) in [6, 6.07) is 0. The number of carboxylic acids is 1. The average Bonchev–Trinajstić information content (AvgIpc) is 2.75. The number of hydrogen-bond acceptors (Lipinski definition) is 5. The van der Waals surface area contributed by atoms with Crippen molar-refractivity contribution in [2.24, 2.45) is 0 Å². The second-order valence-corrected chi connectivity index (χ2v) is 9.69. The summed E-state index contributed by atoms with van der Waals surface area (Å²) in [6.45, 7) is 2.73. The number of nitrogens with one attached hydrogen (secondary N) is 1. The molecule has 7 nitrogen and oxygen atoms in total. The minimum absolute atomic E-state index is 0.0617. The average molecular weight is 471 g/mol. The normalized spacial score (nSPS) is 19.6. The highest BCUT2D eigenvalue weighted by Gasteiger charge is 2.20. The van der Waals surface area contributed by atoms with Crippen molar-refractivity contribution in [3.05, 3.63) is 0 Å². The summed E-state index contributed by atoms with van der Waals surface area (Å²) < 4.78 is 0. The Bertz CT molecular complexity index is 493. The molecule has 0 aromatic heterocycles. The molecule has 1 rings (SSSR count). The fraction of sp³-hybridized carbons (Fsp3) is 0.885. The van der Waals surface area contributed by atoms with E-state index >= 15 is 0 Å². The Balaban J connectivity index is 0.00000150. The zero-order valence-corrected chi connectivity index (χ0v) is 21.5. The van der Waals surface area contributed by atoms with E-state index in [0.29, 0.717) is 19.4 Å². The maximum absolute atomic E-state index is 12.6. The first-order valence-corrected chi connectivity index (χ1v) is 13.3. The molecule has 0 aromatic carbocycles. The first kappa shape index (κ1) is 31.5. The van der Waals surface area contributed by atoms with Crippen molar-refractivity contribution in [2.45, 2.75) is 122 Å². The third-order valence-electron chi connectivity index (χ3n) is 6.03. The Morgan fingerprint density at radius 3 is 1.39 bits per heavy atom. The van der Waals surface area contributed by atoms with Crippen LogP contribution < -0.4 is 10.0 Å². The number of quaternary nitrogens is 1. The fourth-order valence-electron chi connectivity index (χ4n) is 3.92. The van der Waals surface area contributed by atoms with E-state index < -0.39 is 12.1 Å². The lowest BCUT2D eigenvalue weighted by molar-refractivity contribution is -0.858. The van der Waals surface area contributed by atoms with Crippen molar-refractivity contribution in [2.75, 3.05) is 27.2 Å². The Morgan fingerprint density at radius 2 is 1.12 bits per heavy atom. The smallest absolute Gasteiger partial charge is 0.229 e. The van der Waals surface area contributed by atoms with Crippen molar-refractivity contribution in [3.63, 3.8) is 0 Å². The number of carbonyl (C=O) groups excluding carboxylic acids is 3. The molecule has 194 valence electrons. The summed E-state index contributed by atoms with van der Waals surface area (Å²) in [5.41, 5.74) is 0. The van der Waals surface area contributed by atoms with Gasteiger partial charge in [-0.3, -0.25) is 14.5 Å². The summed E-state index contributed by atoms with van der Waals surface area (Å²) in [5, 5.41) is 17.3. The third-order valence-corrected chi connectivity index (χ3v) is 6.03. The molecule has 1 aliphatic rings. The number of amides is 2. The lowest BCUT2D eigenvalue weighted by atomic mass is 10.0. The number of imide groups is 1. The fourth-order valence-corrected chi connectivity index (χ4v) is 3.92. The van der Waals surface area contributed by atoms with Gasteiger partial charge in [0.1, 0.15) is 0 Å². The molecule has 7 heteroatoms. The summed E-state index contributed by atoms with van der Waals surface area (Å²) in [4.78, 5) is 37.6. The van der Waals surface area contributed by atoms with Gasteiger partial charge in [-0.1, -0.05) is 77.0 Å². The molecular formula is C26H50N2O5. The number of hydrogen-bond donors (Lipinski definition) is 2. The molecule has 33 heavy (non-hydrogen) atoms. The predicted octanol–water partition coefficient (Wildman–Crippen LogP) is 2.25.